The van der Waals surface area contributed by atoms with Gasteiger partial charge in [0.1, 0.15) is 23.6 Å². The molecule has 0 aliphatic carbocycles. The Kier molecular flexibility index (Phi) is 8.70. The lowest BCUT2D eigenvalue weighted by atomic mass is 9.71. The van der Waals surface area contributed by atoms with Crippen molar-refractivity contribution in [1.82, 2.24) is 20.4 Å². The SMILES string of the molecule is COc1c(C)c(OC)c2c(c1O)[C@@H]1[C@@H]3Cc4c(OC)c(C)c(OC)c(O)c4[C@H](CNC(=O)C4NCCc5ccccc54)N3[C@@H](C#N)[C@H](C2)N1C. The molecule has 4 aliphatic heterocycles. The Morgan fingerprint density at radius 3 is 2.12 bits per heavy atom. The number of methoxy groups -OCH3 is 4. The Balaban J connectivity index is 1.40. The van der Waals surface area contributed by atoms with E-state index < -0.39 is 24.2 Å². The first-order valence-electron chi connectivity index (χ1n) is 17.0. The lowest BCUT2D eigenvalue weighted by molar-refractivity contribution is -0.124. The number of ether oxygens (including phenoxy) is 4. The number of aromatic hydroxyl groups is 2. The third-order valence-electron chi connectivity index (χ3n) is 11.5. The van der Waals surface area contributed by atoms with Gasteiger partial charge in [0, 0.05) is 58.6 Å². The van der Waals surface area contributed by atoms with E-state index in [9.17, 15) is 20.3 Å². The summed E-state index contributed by atoms with van der Waals surface area (Å²) in [5.41, 5.74) is 6.29. The molecule has 12 nitrogen and oxygen atoms in total. The summed E-state index contributed by atoms with van der Waals surface area (Å²) in [7, 11) is 8.23. The van der Waals surface area contributed by atoms with Gasteiger partial charge in [-0.25, -0.2) is 0 Å². The number of hydrogen-bond donors (Lipinski definition) is 4. The van der Waals surface area contributed by atoms with Gasteiger partial charge in [0.15, 0.2) is 23.0 Å². The number of carbonyl (C=O) groups is 1. The van der Waals surface area contributed by atoms with Crippen molar-refractivity contribution in [3.05, 3.63) is 68.8 Å². The molecule has 2 bridgehead atoms. The average Bonchev–Trinajstić information content (AvgIpc) is 3.11. The van der Waals surface area contributed by atoms with E-state index in [1.807, 2.05) is 39.1 Å². The molecule has 4 aliphatic rings. The third kappa shape index (κ3) is 4.78. The van der Waals surface area contributed by atoms with Crippen molar-refractivity contribution in [3.63, 3.8) is 0 Å². The van der Waals surface area contributed by atoms with E-state index in [0.29, 0.717) is 58.9 Å². The first-order chi connectivity index (χ1) is 24.1. The number of amides is 1. The van der Waals surface area contributed by atoms with Crippen molar-refractivity contribution in [2.45, 2.75) is 69.4 Å². The van der Waals surface area contributed by atoms with Crippen LogP contribution in [-0.2, 0) is 24.1 Å². The Bertz CT molecular complexity index is 1910. The molecule has 1 unspecified atom stereocenters. The zero-order chi connectivity index (χ0) is 35.6. The van der Waals surface area contributed by atoms with Gasteiger partial charge in [-0.2, -0.15) is 5.26 Å². The van der Waals surface area contributed by atoms with Gasteiger partial charge < -0.3 is 39.8 Å². The maximum absolute atomic E-state index is 14.0. The summed E-state index contributed by atoms with van der Waals surface area (Å²) >= 11 is 0. The normalized spacial score (nSPS) is 25.2. The van der Waals surface area contributed by atoms with Crippen molar-refractivity contribution in [2.24, 2.45) is 0 Å². The molecule has 50 heavy (non-hydrogen) atoms. The topological polar surface area (TPSA) is 149 Å². The highest BCUT2D eigenvalue weighted by molar-refractivity contribution is 5.84. The van der Waals surface area contributed by atoms with Crippen molar-refractivity contribution >= 4 is 5.91 Å². The predicted octanol–water partition coefficient (Wildman–Crippen LogP) is 3.52. The number of benzene rings is 3. The number of piperazine rings is 1. The van der Waals surface area contributed by atoms with Gasteiger partial charge in [-0.05, 0) is 51.3 Å². The Labute approximate surface area is 292 Å². The molecular weight excluding hydrogens is 638 g/mol. The molecule has 4 N–H and O–H groups in total. The maximum Gasteiger partial charge on any atom is 0.241 e. The van der Waals surface area contributed by atoms with Gasteiger partial charge in [0.25, 0.3) is 0 Å². The van der Waals surface area contributed by atoms with Crippen LogP contribution in [0.4, 0.5) is 0 Å². The molecular formula is C38H45N5O7. The smallest absolute Gasteiger partial charge is 0.241 e. The molecule has 1 amide bonds. The molecule has 4 heterocycles. The molecule has 0 saturated carbocycles. The number of carbonyl (C=O) groups excluding carboxylic acids is 1. The van der Waals surface area contributed by atoms with Crippen LogP contribution in [0.25, 0.3) is 0 Å². The van der Waals surface area contributed by atoms with E-state index in [1.165, 1.54) is 14.2 Å². The molecule has 0 aromatic heterocycles. The third-order valence-corrected chi connectivity index (χ3v) is 11.5. The molecule has 7 rings (SSSR count). The van der Waals surface area contributed by atoms with Gasteiger partial charge in [-0.1, -0.05) is 24.3 Å². The van der Waals surface area contributed by atoms with E-state index in [-0.39, 0.29) is 41.8 Å². The largest absolute Gasteiger partial charge is 0.504 e. The molecule has 264 valence electrons. The van der Waals surface area contributed by atoms with Crippen LogP contribution in [0.3, 0.4) is 0 Å². The average molecular weight is 684 g/mol. The quantitative estimate of drug-likeness (QED) is 0.290. The highest BCUT2D eigenvalue weighted by atomic mass is 16.5. The number of rotatable bonds is 7. The number of nitriles is 1. The fraction of sp³-hybridized carbons (Fsp3) is 0.474. The van der Waals surface area contributed by atoms with Crippen molar-refractivity contribution in [1.29, 1.82) is 5.26 Å². The van der Waals surface area contributed by atoms with Crippen LogP contribution in [0.1, 0.15) is 62.6 Å². The van der Waals surface area contributed by atoms with Crippen LogP contribution in [0.5, 0.6) is 34.5 Å². The standard InChI is InChI=1S/C38H45N5O7/c1-18-34(47-4)22-15-25-31-29-23(35(48-5)19(2)37(50-7)33(29)45)14-24(42(31)3)26(16-39)43(25)27(28(22)32(44)36(18)49-6)17-41-38(46)30-21-11-9-8-10-20(21)12-13-40-30/h8-11,24-27,30-31,40,44-45H,12-15,17H2,1-7H3,(H,41,46)/t24-,25-,26-,27-,30?,31-/m0/s1. The van der Waals surface area contributed by atoms with Gasteiger partial charge in [-0.3, -0.25) is 14.6 Å². The number of phenols is 2. The summed E-state index contributed by atoms with van der Waals surface area (Å²) in [6.07, 6.45) is 1.66. The van der Waals surface area contributed by atoms with Gasteiger partial charge >= 0.3 is 0 Å². The van der Waals surface area contributed by atoms with Gasteiger partial charge in [0.05, 0.1) is 46.6 Å². The van der Waals surface area contributed by atoms with Crippen molar-refractivity contribution in [3.8, 4) is 40.6 Å². The van der Waals surface area contributed by atoms with Crippen LogP contribution in [0.15, 0.2) is 24.3 Å². The molecule has 3 aromatic carbocycles. The fourth-order valence-electron chi connectivity index (χ4n) is 9.45. The lowest BCUT2D eigenvalue weighted by Crippen LogP contribution is -2.68. The Morgan fingerprint density at radius 2 is 1.50 bits per heavy atom. The van der Waals surface area contributed by atoms with E-state index in [1.54, 1.807) is 14.2 Å². The molecule has 0 radical (unpaired) electrons. The van der Waals surface area contributed by atoms with Crippen LogP contribution in [-0.4, -0.2) is 92.6 Å². The number of phenolic OH excluding ortho intramolecular Hbond substituents is 2. The molecule has 1 fully saturated rings. The summed E-state index contributed by atoms with van der Waals surface area (Å²) in [5, 5.41) is 41.3. The summed E-state index contributed by atoms with van der Waals surface area (Å²) in [4.78, 5) is 18.3. The Morgan fingerprint density at radius 1 is 0.920 bits per heavy atom. The van der Waals surface area contributed by atoms with E-state index in [4.69, 9.17) is 18.9 Å². The second-order valence-corrected chi connectivity index (χ2v) is 13.6. The maximum atomic E-state index is 14.0. The lowest BCUT2D eigenvalue weighted by Gasteiger charge is -2.60. The van der Waals surface area contributed by atoms with Crippen LogP contribution in [0, 0.1) is 25.2 Å². The van der Waals surface area contributed by atoms with Gasteiger partial charge in [-0.15, -0.1) is 0 Å². The van der Waals surface area contributed by atoms with Crippen LogP contribution < -0.4 is 29.6 Å². The zero-order valence-electron chi connectivity index (χ0n) is 29.6. The number of hydrogen-bond acceptors (Lipinski definition) is 11. The molecule has 1 saturated heterocycles. The second-order valence-electron chi connectivity index (χ2n) is 13.6. The first-order valence-corrected chi connectivity index (χ1v) is 17.0. The predicted molar refractivity (Wildman–Crippen MR) is 185 cm³/mol. The number of likely N-dealkylation sites (N-methyl/N-ethyl adjacent to an activating group) is 1. The van der Waals surface area contributed by atoms with E-state index in [2.05, 4.69) is 32.6 Å². The highest BCUT2D eigenvalue weighted by Gasteiger charge is 2.57. The van der Waals surface area contributed by atoms with E-state index >= 15 is 0 Å². The Hall–Kier alpha value is -4.70. The highest BCUT2D eigenvalue weighted by Crippen LogP contribution is 2.58. The zero-order valence-corrected chi connectivity index (χ0v) is 29.6. The minimum Gasteiger partial charge on any atom is -0.504 e. The van der Waals surface area contributed by atoms with E-state index in [0.717, 1.165) is 28.7 Å². The minimum atomic E-state index is -0.648. The second kappa shape index (κ2) is 12.9. The number of fused-ring (bicyclic) bond motifs is 8. The monoisotopic (exact) mass is 683 g/mol. The molecule has 12 heteroatoms. The summed E-state index contributed by atoms with van der Waals surface area (Å²) in [5.74, 6) is 1.66. The number of nitrogens with one attached hydrogen (secondary N) is 2. The molecule has 0 spiro atoms. The minimum absolute atomic E-state index is 0.0392. The number of nitrogens with zero attached hydrogens (tertiary/aromatic N) is 3. The fourth-order valence-corrected chi connectivity index (χ4v) is 9.45. The molecule has 3 aromatic rings. The first kappa shape index (κ1) is 33.8. The van der Waals surface area contributed by atoms with Crippen molar-refractivity contribution in [2.75, 3.05) is 48.6 Å². The summed E-state index contributed by atoms with van der Waals surface area (Å²) < 4.78 is 23.4. The summed E-state index contributed by atoms with van der Waals surface area (Å²) in [6.45, 7) is 4.48. The van der Waals surface area contributed by atoms with Gasteiger partial charge in [0.2, 0.25) is 5.91 Å². The van der Waals surface area contributed by atoms with Crippen LogP contribution in [0.2, 0.25) is 0 Å². The summed E-state index contributed by atoms with van der Waals surface area (Å²) in [6, 6.07) is 7.65. The molecule has 6 atom stereocenters. The van der Waals surface area contributed by atoms with Crippen LogP contribution >= 0.6 is 0 Å². The van der Waals surface area contributed by atoms with Crippen molar-refractivity contribution < 1.29 is 34.0 Å².